The van der Waals surface area contributed by atoms with Crippen LogP contribution in [0, 0.1) is 0 Å². The Morgan fingerprint density at radius 1 is 1.23 bits per heavy atom. The van der Waals surface area contributed by atoms with Crippen LogP contribution in [0.4, 0.5) is 0 Å². The number of hydrazone groups is 1. The summed E-state index contributed by atoms with van der Waals surface area (Å²) in [4.78, 5) is 15.9. The van der Waals surface area contributed by atoms with E-state index in [0.717, 1.165) is 19.0 Å². The van der Waals surface area contributed by atoms with E-state index in [0.29, 0.717) is 11.3 Å². The molecule has 2 aromatic rings. The number of amides is 1. The summed E-state index contributed by atoms with van der Waals surface area (Å²) in [5.74, 6) is 0.281. The van der Waals surface area contributed by atoms with Crippen LogP contribution in [-0.2, 0) is 0 Å². The molecule has 1 N–H and O–H groups in total. The van der Waals surface area contributed by atoms with E-state index in [9.17, 15) is 4.79 Å². The molecule has 0 radical (unpaired) electrons. The molecule has 1 heterocycles. The molecule has 1 amide bonds. The van der Waals surface area contributed by atoms with Gasteiger partial charge in [-0.2, -0.15) is 5.10 Å². The second-order valence-electron chi connectivity index (χ2n) is 4.10. The van der Waals surface area contributed by atoms with Gasteiger partial charge in [0.1, 0.15) is 5.75 Å². The first-order valence-corrected chi connectivity index (χ1v) is 8.36. The molecule has 114 valence electrons. The van der Waals surface area contributed by atoms with Crippen molar-refractivity contribution < 1.29 is 9.53 Å². The van der Waals surface area contributed by atoms with E-state index in [-0.39, 0.29) is 5.91 Å². The van der Waals surface area contributed by atoms with Crippen molar-refractivity contribution in [3.05, 3.63) is 55.1 Å². The standard InChI is InChI=1S/C14H10Br3N3O2/c1-22-13-8(2-10(15)4-12(13)17)6-19-20-14(21)9-3-11(16)7-18-5-9/h2-7H,1H3,(H,20,21). The zero-order valence-corrected chi connectivity index (χ0v) is 16.1. The number of nitrogens with zero attached hydrogens (tertiary/aromatic N) is 2. The molecule has 0 aliphatic rings. The number of benzene rings is 1. The van der Waals surface area contributed by atoms with Crippen LogP contribution in [0.1, 0.15) is 15.9 Å². The molecule has 0 saturated heterocycles. The van der Waals surface area contributed by atoms with Crippen molar-refractivity contribution in [3.8, 4) is 5.75 Å². The third kappa shape index (κ3) is 4.37. The number of nitrogens with one attached hydrogen (secondary N) is 1. The predicted octanol–water partition coefficient (Wildman–Crippen LogP) is 4.14. The number of pyridine rings is 1. The first-order valence-electron chi connectivity index (χ1n) is 5.98. The van der Waals surface area contributed by atoms with Crippen LogP contribution in [0.3, 0.4) is 0 Å². The Labute approximate surface area is 152 Å². The minimum absolute atomic E-state index is 0.349. The predicted molar refractivity (Wildman–Crippen MR) is 95.4 cm³/mol. The highest BCUT2D eigenvalue weighted by Crippen LogP contribution is 2.31. The van der Waals surface area contributed by atoms with Crippen molar-refractivity contribution in [1.29, 1.82) is 0 Å². The van der Waals surface area contributed by atoms with Crippen LogP contribution in [0.25, 0.3) is 0 Å². The third-order valence-corrected chi connectivity index (χ3v) is 4.06. The topological polar surface area (TPSA) is 63.6 Å². The number of methoxy groups -OCH3 is 1. The average Bonchev–Trinajstić information content (AvgIpc) is 2.46. The summed E-state index contributed by atoms with van der Waals surface area (Å²) >= 11 is 10.1. The molecule has 8 heteroatoms. The number of hydrogen-bond donors (Lipinski definition) is 1. The van der Waals surface area contributed by atoms with Crippen molar-refractivity contribution in [1.82, 2.24) is 10.4 Å². The molecule has 2 rings (SSSR count). The maximum atomic E-state index is 11.9. The summed E-state index contributed by atoms with van der Waals surface area (Å²) in [6.07, 6.45) is 4.58. The van der Waals surface area contributed by atoms with E-state index in [1.807, 2.05) is 12.1 Å². The van der Waals surface area contributed by atoms with Gasteiger partial charge in [-0.15, -0.1) is 0 Å². The fourth-order valence-corrected chi connectivity index (χ4v) is 3.44. The summed E-state index contributed by atoms with van der Waals surface area (Å²) in [5, 5.41) is 3.95. The van der Waals surface area contributed by atoms with Crippen molar-refractivity contribution in [3.63, 3.8) is 0 Å². The number of aromatic nitrogens is 1. The highest BCUT2D eigenvalue weighted by atomic mass is 79.9. The van der Waals surface area contributed by atoms with Crippen LogP contribution in [0.15, 0.2) is 49.1 Å². The van der Waals surface area contributed by atoms with Gasteiger partial charge in [0.25, 0.3) is 5.91 Å². The van der Waals surface area contributed by atoms with Gasteiger partial charge in [-0.1, -0.05) is 15.9 Å². The Hall–Kier alpha value is -1.25. The zero-order valence-electron chi connectivity index (χ0n) is 11.3. The molecular weight excluding hydrogens is 482 g/mol. The smallest absolute Gasteiger partial charge is 0.272 e. The van der Waals surface area contributed by atoms with Gasteiger partial charge in [0.05, 0.1) is 23.4 Å². The lowest BCUT2D eigenvalue weighted by atomic mass is 10.2. The third-order valence-electron chi connectivity index (χ3n) is 2.58. The van der Waals surface area contributed by atoms with Crippen LogP contribution in [0.5, 0.6) is 5.75 Å². The SMILES string of the molecule is COc1c(Br)cc(Br)cc1C=NNC(=O)c1cncc(Br)c1. The van der Waals surface area contributed by atoms with Crippen LogP contribution in [0.2, 0.25) is 0 Å². The Balaban J connectivity index is 2.14. The molecule has 0 spiro atoms. The molecular formula is C14H10Br3N3O2. The fraction of sp³-hybridized carbons (Fsp3) is 0.0714. The number of carbonyl (C=O) groups is 1. The van der Waals surface area contributed by atoms with Gasteiger partial charge in [0.2, 0.25) is 0 Å². The van der Waals surface area contributed by atoms with Gasteiger partial charge in [0.15, 0.2) is 0 Å². The largest absolute Gasteiger partial charge is 0.495 e. The van der Waals surface area contributed by atoms with Gasteiger partial charge in [-0.25, -0.2) is 5.43 Å². The number of carbonyl (C=O) groups excluding carboxylic acids is 1. The van der Waals surface area contributed by atoms with Gasteiger partial charge in [-0.05, 0) is 50.1 Å². The van der Waals surface area contributed by atoms with Crippen molar-refractivity contribution >= 4 is 59.9 Å². The van der Waals surface area contributed by atoms with E-state index in [1.54, 1.807) is 19.4 Å². The Morgan fingerprint density at radius 3 is 2.68 bits per heavy atom. The van der Waals surface area contributed by atoms with Gasteiger partial charge < -0.3 is 4.74 Å². The second-order valence-corrected chi connectivity index (χ2v) is 6.79. The van der Waals surface area contributed by atoms with Gasteiger partial charge in [-0.3, -0.25) is 9.78 Å². The van der Waals surface area contributed by atoms with E-state index < -0.39 is 0 Å². The van der Waals surface area contributed by atoms with E-state index in [4.69, 9.17) is 4.74 Å². The molecule has 0 atom stereocenters. The molecule has 0 saturated carbocycles. The van der Waals surface area contributed by atoms with E-state index in [2.05, 4.69) is 63.3 Å². The normalized spacial score (nSPS) is 10.7. The quantitative estimate of drug-likeness (QED) is 0.516. The summed E-state index contributed by atoms with van der Waals surface area (Å²) in [7, 11) is 1.57. The lowest BCUT2D eigenvalue weighted by molar-refractivity contribution is 0.0954. The zero-order chi connectivity index (χ0) is 16.1. The average molecular weight is 492 g/mol. The van der Waals surface area contributed by atoms with Crippen LogP contribution < -0.4 is 10.2 Å². The second kappa shape index (κ2) is 7.85. The number of rotatable bonds is 4. The summed E-state index contributed by atoms with van der Waals surface area (Å²) in [6.45, 7) is 0. The summed E-state index contributed by atoms with van der Waals surface area (Å²) < 4.78 is 7.68. The van der Waals surface area contributed by atoms with Crippen molar-refractivity contribution in [2.45, 2.75) is 0 Å². The van der Waals surface area contributed by atoms with Crippen LogP contribution in [-0.4, -0.2) is 24.2 Å². The Morgan fingerprint density at radius 2 is 2.00 bits per heavy atom. The molecule has 0 aliphatic heterocycles. The maximum Gasteiger partial charge on any atom is 0.272 e. The molecule has 0 aliphatic carbocycles. The van der Waals surface area contributed by atoms with Gasteiger partial charge in [0, 0.05) is 26.9 Å². The molecule has 1 aromatic carbocycles. The minimum Gasteiger partial charge on any atom is -0.495 e. The summed E-state index contributed by atoms with van der Waals surface area (Å²) in [5.41, 5.74) is 3.58. The van der Waals surface area contributed by atoms with Crippen LogP contribution >= 0.6 is 47.8 Å². The maximum absolute atomic E-state index is 11.9. The van der Waals surface area contributed by atoms with E-state index in [1.165, 1.54) is 12.4 Å². The van der Waals surface area contributed by atoms with Gasteiger partial charge >= 0.3 is 0 Å². The highest BCUT2D eigenvalue weighted by molar-refractivity contribution is 9.11. The molecule has 0 fully saturated rings. The monoisotopic (exact) mass is 489 g/mol. The van der Waals surface area contributed by atoms with Crippen molar-refractivity contribution in [2.75, 3.05) is 7.11 Å². The lowest BCUT2D eigenvalue weighted by Crippen LogP contribution is -2.17. The highest BCUT2D eigenvalue weighted by Gasteiger charge is 2.08. The molecule has 0 bridgehead atoms. The Bertz CT molecular complexity index is 735. The Kier molecular flexibility index (Phi) is 6.10. The molecule has 22 heavy (non-hydrogen) atoms. The lowest BCUT2D eigenvalue weighted by Gasteiger charge is -2.07. The first-order chi connectivity index (χ1) is 10.5. The summed E-state index contributed by atoms with van der Waals surface area (Å²) in [6, 6.07) is 5.36. The first kappa shape index (κ1) is 17.1. The number of halogens is 3. The van der Waals surface area contributed by atoms with E-state index >= 15 is 0 Å². The number of hydrogen-bond acceptors (Lipinski definition) is 4. The molecule has 0 unspecified atom stereocenters. The molecule has 1 aromatic heterocycles. The molecule has 5 nitrogen and oxygen atoms in total. The fourth-order valence-electron chi connectivity index (χ4n) is 1.65. The minimum atomic E-state index is -0.349. The number of ether oxygens (including phenoxy) is 1. The van der Waals surface area contributed by atoms with Crippen molar-refractivity contribution in [2.24, 2.45) is 5.10 Å².